The molecule has 1 aromatic heterocycles. The van der Waals surface area contributed by atoms with E-state index in [1.165, 1.54) is 0 Å². The van der Waals surface area contributed by atoms with Gasteiger partial charge in [0, 0.05) is 17.3 Å². The van der Waals surface area contributed by atoms with E-state index in [4.69, 9.17) is 12.2 Å². The van der Waals surface area contributed by atoms with Gasteiger partial charge in [-0.3, -0.25) is 10.4 Å². The summed E-state index contributed by atoms with van der Waals surface area (Å²) in [4.78, 5) is 4.29. The third-order valence-corrected chi connectivity index (χ3v) is 3.23. The fraction of sp³-hybridized carbons (Fsp3) is 0. The summed E-state index contributed by atoms with van der Waals surface area (Å²) in [6.07, 6.45) is 3.51. The summed E-state index contributed by atoms with van der Waals surface area (Å²) in [5.74, 6) is 0. The lowest BCUT2D eigenvalue weighted by Crippen LogP contribution is -2.23. The Bertz CT molecular complexity index is 815. The van der Waals surface area contributed by atoms with Crippen LogP contribution in [0.4, 0.5) is 5.69 Å². The van der Waals surface area contributed by atoms with Crippen LogP contribution in [-0.2, 0) is 0 Å². The van der Waals surface area contributed by atoms with Crippen molar-refractivity contribution in [2.45, 2.75) is 0 Å². The number of nitrogens with one attached hydrogen (secondary N) is 2. The van der Waals surface area contributed by atoms with Gasteiger partial charge in [-0.25, -0.2) is 0 Å². The van der Waals surface area contributed by atoms with Gasteiger partial charge in [-0.15, -0.1) is 0 Å². The van der Waals surface area contributed by atoms with Crippen LogP contribution in [0.2, 0.25) is 0 Å². The molecule has 0 aliphatic heterocycles. The van der Waals surface area contributed by atoms with Crippen LogP contribution in [0, 0.1) is 0 Å². The molecule has 4 nitrogen and oxygen atoms in total. The molecule has 0 radical (unpaired) electrons. The molecule has 5 heteroatoms. The minimum Gasteiger partial charge on any atom is -0.331 e. The zero-order valence-corrected chi connectivity index (χ0v) is 12.5. The number of benzene rings is 2. The number of hydrogen-bond acceptors (Lipinski definition) is 3. The van der Waals surface area contributed by atoms with Gasteiger partial charge in [-0.2, -0.15) is 5.10 Å². The van der Waals surface area contributed by atoms with Crippen LogP contribution in [0.1, 0.15) is 5.56 Å². The second-order valence-corrected chi connectivity index (χ2v) is 5.05. The summed E-state index contributed by atoms with van der Waals surface area (Å²) < 4.78 is 0. The molecule has 0 amide bonds. The summed E-state index contributed by atoms with van der Waals surface area (Å²) in [5, 5.41) is 8.73. The van der Waals surface area contributed by atoms with Crippen molar-refractivity contribution < 1.29 is 0 Å². The van der Waals surface area contributed by atoms with Gasteiger partial charge in [-0.1, -0.05) is 30.3 Å². The maximum atomic E-state index is 5.18. The molecule has 22 heavy (non-hydrogen) atoms. The zero-order chi connectivity index (χ0) is 15.2. The summed E-state index contributed by atoms with van der Waals surface area (Å²) >= 11 is 5.18. The van der Waals surface area contributed by atoms with Gasteiger partial charge in [0.05, 0.1) is 11.7 Å². The number of thiocarbonyl (C=S) groups is 1. The first-order valence-corrected chi connectivity index (χ1v) is 7.22. The van der Waals surface area contributed by atoms with Crippen molar-refractivity contribution in [3.8, 4) is 0 Å². The van der Waals surface area contributed by atoms with E-state index in [1.807, 2.05) is 60.7 Å². The van der Waals surface area contributed by atoms with E-state index in [1.54, 1.807) is 12.4 Å². The Morgan fingerprint density at radius 3 is 2.77 bits per heavy atom. The first-order valence-electron chi connectivity index (χ1n) is 6.81. The van der Waals surface area contributed by atoms with Crippen LogP contribution in [0.3, 0.4) is 0 Å². The normalized spacial score (nSPS) is 10.7. The summed E-state index contributed by atoms with van der Waals surface area (Å²) in [6.45, 7) is 0. The van der Waals surface area contributed by atoms with Crippen molar-refractivity contribution in [1.29, 1.82) is 0 Å². The number of para-hydroxylation sites is 1. The second-order valence-electron chi connectivity index (χ2n) is 4.65. The molecule has 0 saturated heterocycles. The molecule has 1 heterocycles. The molecule has 108 valence electrons. The quantitative estimate of drug-likeness (QED) is 0.441. The Morgan fingerprint density at radius 1 is 1.05 bits per heavy atom. The van der Waals surface area contributed by atoms with E-state index in [9.17, 15) is 0 Å². The standard InChI is InChI=1S/C17H14N4S/c22-17(20-15-6-2-1-3-7-15)21-19-12-13-8-9-16-14(11-13)5-4-10-18-16/h1-12H,(H2,20,21,22)/b19-12-. The number of nitrogens with zero attached hydrogens (tertiary/aromatic N) is 2. The smallest absolute Gasteiger partial charge is 0.191 e. The number of pyridine rings is 1. The predicted octanol–water partition coefficient (Wildman–Crippen LogP) is 3.56. The first kappa shape index (κ1) is 14.2. The first-order chi connectivity index (χ1) is 10.8. The van der Waals surface area contributed by atoms with Gasteiger partial charge in [0.25, 0.3) is 0 Å². The molecule has 3 rings (SSSR count). The average Bonchev–Trinajstić information content (AvgIpc) is 2.55. The van der Waals surface area contributed by atoms with Crippen LogP contribution < -0.4 is 10.7 Å². The molecule has 0 saturated carbocycles. The Kier molecular flexibility index (Phi) is 4.36. The van der Waals surface area contributed by atoms with E-state index in [0.717, 1.165) is 22.2 Å². The van der Waals surface area contributed by atoms with Gasteiger partial charge >= 0.3 is 0 Å². The molecule has 3 aromatic rings. The van der Waals surface area contributed by atoms with Crippen molar-refractivity contribution in [2.24, 2.45) is 5.10 Å². The summed E-state index contributed by atoms with van der Waals surface area (Å²) in [7, 11) is 0. The van der Waals surface area contributed by atoms with Gasteiger partial charge in [0.1, 0.15) is 0 Å². The molecule has 0 aliphatic rings. The highest BCUT2D eigenvalue weighted by Crippen LogP contribution is 2.11. The Balaban J connectivity index is 1.62. The maximum Gasteiger partial charge on any atom is 0.191 e. The van der Waals surface area contributed by atoms with Crippen LogP contribution >= 0.6 is 12.2 Å². The van der Waals surface area contributed by atoms with Crippen molar-refractivity contribution in [2.75, 3.05) is 5.32 Å². The van der Waals surface area contributed by atoms with Crippen molar-refractivity contribution in [3.05, 3.63) is 72.4 Å². The Hall–Kier alpha value is -2.79. The molecule has 2 aromatic carbocycles. The van der Waals surface area contributed by atoms with E-state index in [0.29, 0.717) is 5.11 Å². The maximum absolute atomic E-state index is 5.18. The number of hydrazone groups is 1. The lowest BCUT2D eigenvalue weighted by Gasteiger charge is -2.06. The van der Waals surface area contributed by atoms with Gasteiger partial charge in [0.2, 0.25) is 0 Å². The SMILES string of the molecule is S=C(N/N=C\c1ccc2ncccc2c1)Nc1ccccc1. The number of aromatic nitrogens is 1. The Morgan fingerprint density at radius 2 is 1.91 bits per heavy atom. The number of anilines is 1. The fourth-order valence-corrected chi connectivity index (χ4v) is 2.19. The van der Waals surface area contributed by atoms with Crippen LogP contribution in [0.25, 0.3) is 10.9 Å². The third-order valence-electron chi connectivity index (χ3n) is 3.04. The van der Waals surface area contributed by atoms with Crippen molar-refractivity contribution >= 4 is 40.1 Å². The molecule has 0 atom stereocenters. The minimum absolute atomic E-state index is 0.449. The monoisotopic (exact) mass is 306 g/mol. The van der Waals surface area contributed by atoms with E-state index < -0.39 is 0 Å². The molecular weight excluding hydrogens is 292 g/mol. The molecule has 0 spiro atoms. The summed E-state index contributed by atoms with van der Waals surface area (Å²) in [5.41, 5.74) is 5.67. The largest absolute Gasteiger partial charge is 0.331 e. The van der Waals surface area contributed by atoms with Crippen LogP contribution in [-0.4, -0.2) is 16.3 Å². The van der Waals surface area contributed by atoms with Crippen molar-refractivity contribution in [3.63, 3.8) is 0 Å². The number of hydrogen-bond donors (Lipinski definition) is 2. The molecule has 2 N–H and O–H groups in total. The lowest BCUT2D eigenvalue weighted by molar-refractivity contribution is 1.05. The Labute approximate surface area is 133 Å². The van der Waals surface area contributed by atoms with E-state index >= 15 is 0 Å². The van der Waals surface area contributed by atoms with Crippen LogP contribution in [0.15, 0.2) is 72.0 Å². The van der Waals surface area contributed by atoms with Crippen LogP contribution in [0.5, 0.6) is 0 Å². The average molecular weight is 306 g/mol. The highest BCUT2D eigenvalue weighted by Gasteiger charge is 1.96. The number of rotatable bonds is 3. The molecular formula is C17H14N4S. The van der Waals surface area contributed by atoms with Gasteiger partial charge in [-0.05, 0) is 48.1 Å². The third kappa shape index (κ3) is 3.65. The zero-order valence-electron chi connectivity index (χ0n) is 11.7. The highest BCUT2D eigenvalue weighted by atomic mass is 32.1. The molecule has 0 bridgehead atoms. The summed E-state index contributed by atoms with van der Waals surface area (Å²) in [6, 6.07) is 19.6. The van der Waals surface area contributed by atoms with Gasteiger partial charge < -0.3 is 5.32 Å². The molecule has 0 unspecified atom stereocenters. The molecule has 0 fully saturated rings. The predicted molar refractivity (Wildman–Crippen MR) is 95.1 cm³/mol. The fourth-order valence-electron chi connectivity index (χ4n) is 2.02. The molecule has 0 aliphatic carbocycles. The van der Waals surface area contributed by atoms with E-state index in [-0.39, 0.29) is 0 Å². The second kappa shape index (κ2) is 6.78. The lowest BCUT2D eigenvalue weighted by atomic mass is 10.1. The van der Waals surface area contributed by atoms with E-state index in [2.05, 4.69) is 20.8 Å². The van der Waals surface area contributed by atoms with Gasteiger partial charge in [0.15, 0.2) is 5.11 Å². The highest BCUT2D eigenvalue weighted by molar-refractivity contribution is 7.80. The minimum atomic E-state index is 0.449. The number of fused-ring (bicyclic) bond motifs is 1. The van der Waals surface area contributed by atoms with Crippen molar-refractivity contribution in [1.82, 2.24) is 10.4 Å². The topological polar surface area (TPSA) is 49.3 Å².